The molecule has 0 spiro atoms. The fourth-order valence-electron chi connectivity index (χ4n) is 1.56. The second-order valence-corrected chi connectivity index (χ2v) is 3.74. The lowest BCUT2D eigenvalue weighted by molar-refractivity contribution is 0.660. The Morgan fingerprint density at radius 3 is 2.75 bits per heavy atom. The van der Waals surface area contributed by atoms with Gasteiger partial charge in [-0.2, -0.15) is 10.2 Å². The molecule has 0 aliphatic heterocycles. The Balaban J connectivity index is 2.56. The Hall–Kier alpha value is -1.91. The van der Waals surface area contributed by atoms with Crippen molar-refractivity contribution in [3.8, 4) is 11.3 Å². The van der Waals surface area contributed by atoms with E-state index in [1.807, 2.05) is 24.7 Å². The van der Waals surface area contributed by atoms with Gasteiger partial charge in [0.25, 0.3) is 5.56 Å². The zero-order valence-corrected chi connectivity index (χ0v) is 9.61. The van der Waals surface area contributed by atoms with Crippen LogP contribution in [0.4, 0.5) is 0 Å². The average Bonchev–Trinajstić information content (AvgIpc) is 2.74. The lowest BCUT2D eigenvalue weighted by atomic mass is 10.1. The first-order valence-corrected chi connectivity index (χ1v) is 5.22. The highest BCUT2D eigenvalue weighted by atomic mass is 16.1. The van der Waals surface area contributed by atoms with E-state index in [1.54, 1.807) is 13.1 Å². The molecule has 0 fully saturated rings. The summed E-state index contributed by atoms with van der Waals surface area (Å²) in [6, 6.07) is 0. The van der Waals surface area contributed by atoms with E-state index in [1.165, 1.54) is 0 Å². The van der Waals surface area contributed by atoms with E-state index in [-0.39, 0.29) is 5.56 Å². The number of aryl methyl sites for hydroxylation is 1. The van der Waals surface area contributed by atoms with Crippen molar-refractivity contribution in [2.45, 2.75) is 27.3 Å². The highest BCUT2D eigenvalue weighted by Crippen LogP contribution is 2.19. The lowest BCUT2D eigenvalue weighted by Gasteiger charge is -2.03. The second kappa shape index (κ2) is 3.92. The van der Waals surface area contributed by atoms with E-state index in [0.717, 1.165) is 23.4 Å². The number of aromatic amines is 1. The van der Waals surface area contributed by atoms with Crippen molar-refractivity contribution in [1.82, 2.24) is 20.0 Å². The van der Waals surface area contributed by atoms with Crippen LogP contribution in [0.5, 0.6) is 0 Å². The van der Waals surface area contributed by atoms with Crippen LogP contribution in [0.1, 0.15) is 18.1 Å². The van der Waals surface area contributed by atoms with Gasteiger partial charge in [0.15, 0.2) is 0 Å². The van der Waals surface area contributed by atoms with Crippen LogP contribution >= 0.6 is 0 Å². The smallest absolute Gasteiger partial charge is 0.267 e. The Bertz CT molecular complexity index is 568. The van der Waals surface area contributed by atoms with Crippen molar-refractivity contribution in [1.29, 1.82) is 0 Å². The molecule has 0 saturated heterocycles. The number of nitrogens with zero attached hydrogens (tertiary/aromatic N) is 3. The topological polar surface area (TPSA) is 63.6 Å². The van der Waals surface area contributed by atoms with Gasteiger partial charge in [-0.1, -0.05) is 0 Å². The van der Waals surface area contributed by atoms with E-state index in [4.69, 9.17) is 0 Å². The molecular formula is C11H14N4O. The SMILES string of the molecule is CCn1cc(-c2n[nH]c(=O)c(C)c2C)cn1. The van der Waals surface area contributed by atoms with E-state index in [9.17, 15) is 4.79 Å². The minimum atomic E-state index is -0.135. The summed E-state index contributed by atoms with van der Waals surface area (Å²) < 4.78 is 1.83. The molecule has 0 aliphatic rings. The van der Waals surface area contributed by atoms with Gasteiger partial charge < -0.3 is 0 Å². The number of aromatic nitrogens is 4. The Kier molecular flexibility index (Phi) is 2.60. The molecule has 0 atom stereocenters. The summed E-state index contributed by atoms with van der Waals surface area (Å²) in [6.07, 6.45) is 3.68. The fraction of sp³-hybridized carbons (Fsp3) is 0.364. The number of hydrogen-bond acceptors (Lipinski definition) is 3. The maximum absolute atomic E-state index is 11.3. The van der Waals surface area contributed by atoms with Crippen LogP contribution < -0.4 is 5.56 Å². The number of hydrogen-bond donors (Lipinski definition) is 1. The van der Waals surface area contributed by atoms with Gasteiger partial charge in [-0.3, -0.25) is 9.48 Å². The lowest BCUT2D eigenvalue weighted by Crippen LogP contribution is -2.14. The van der Waals surface area contributed by atoms with E-state index in [0.29, 0.717) is 5.56 Å². The molecule has 2 aromatic heterocycles. The number of rotatable bonds is 2. The first kappa shape index (κ1) is 10.6. The van der Waals surface area contributed by atoms with Crippen LogP contribution in [0.3, 0.4) is 0 Å². The van der Waals surface area contributed by atoms with E-state index in [2.05, 4.69) is 15.3 Å². The average molecular weight is 218 g/mol. The van der Waals surface area contributed by atoms with Crippen LogP contribution in [0.15, 0.2) is 17.2 Å². The molecule has 84 valence electrons. The molecule has 0 aromatic carbocycles. The van der Waals surface area contributed by atoms with Crippen LogP contribution in [0.25, 0.3) is 11.3 Å². The predicted octanol–water partition coefficient (Wildman–Crippen LogP) is 1.27. The van der Waals surface area contributed by atoms with E-state index < -0.39 is 0 Å². The predicted molar refractivity (Wildman–Crippen MR) is 61.2 cm³/mol. The van der Waals surface area contributed by atoms with Crippen LogP contribution in [0, 0.1) is 13.8 Å². The molecule has 5 heteroatoms. The summed E-state index contributed by atoms with van der Waals surface area (Å²) in [5.41, 5.74) is 3.19. The molecule has 0 saturated carbocycles. The Morgan fingerprint density at radius 2 is 2.12 bits per heavy atom. The zero-order chi connectivity index (χ0) is 11.7. The molecule has 2 heterocycles. The highest BCUT2D eigenvalue weighted by Gasteiger charge is 2.10. The highest BCUT2D eigenvalue weighted by molar-refractivity contribution is 5.61. The minimum absolute atomic E-state index is 0.135. The monoisotopic (exact) mass is 218 g/mol. The first-order chi connectivity index (χ1) is 7.63. The van der Waals surface area contributed by atoms with Crippen molar-refractivity contribution in [2.75, 3.05) is 0 Å². The first-order valence-electron chi connectivity index (χ1n) is 5.22. The Morgan fingerprint density at radius 1 is 1.38 bits per heavy atom. The molecular weight excluding hydrogens is 204 g/mol. The summed E-state index contributed by atoms with van der Waals surface area (Å²) in [6.45, 7) is 6.54. The Labute approximate surface area is 93.1 Å². The molecule has 0 unspecified atom stereocenters. The van der Waals surface area contributed by atoms with Crippen molar-refractivity contribution < 1.29 is 0 Å². The van der Waals surface area contributed by atoms with Gasteiger partial charge >= 0.3 is 0 Å². The van der Waals surface area contributed by atoms with Crippen LogP contribution in [0.2, 0.25) is 0 Å². The van der Waals surface area contributed by atoms with Gasteiger partial charge in [0.2, 0.25) is 0 Å². The molecule has 0 amide bonds. The molecule has 1 N–H and O–H groups in total. The van der Waals surface area contributed by atoms with Crippen molar-refractivity contribution in [3.05, 3.63) is 33.9 Å². The molecule has 2 rings (SSSR count). The number of H-pyrrole nitrogens is 1. The third kappa shape index (κ3) is 1.64. The molecule has 0 aliphatic carbocycles. The fourth-order valence-corrected chi connectivity index (χ4v) is 1.56. The van der Waals surface area contributed by atoms with Crippen LogP contribution in [-0.2, 0) is 6.54 Å². The minimum Gasteiger partial charge on any atom is -0.272 e. The van der Waals surface area contributed by atoms with Crippen molar-refractivity contribution in [3.63, 3.8) is 0 Å². The summed E-state index contributed by atoms with van der Waals surface area (Å²) in [5.74, 6) is 0. The van der Waals surface area contributed by atoms with E-state index >= 15 is 0 Å². The molecule has 2 aromatic rings. The largest absolute Gasteiger partial charge is 0.272 e. The normalized spacial score (nSPS) is 10.7. The van der Waals surface area contributed by atoms with Gasteiger partial charge in [0, 0.05) is 23.9 Å². The van der Waals surface area contributed by atoms with Gasteiger partial charge in [-0.05, 0) is 26.3 Å². The van der Waals surface area contributed by atoms with Crippen LogP contribution in [-0.4, -0.2) is 20.0 Å². The van der Waals surface area contributed by atoms with Gasteiger partial charge in [0.05, 0.1) is 11.9 Å². The summed E-state index contributed by atoms with van der Waals surface area (Å²) in [7, 11) is 0. The zero-order valence-electron chi connectivity index (χ0n) is 9.61. The molecule has 0 radical (unpaired) electrons. The maximum atomic E-state index is 11.3. The van der Waals surface area contributed by atoms with Gasteiger partial charge in [0.1, 0.15) is 0 Å². The second-order valence-electron chi connectivity index (χ2n) is 3.74. The standard InChI is InChI=1S/C11H14N4O/c1-4-15-6-9(5-12-15)10-7(2)8(3)11(16)14-13-10/h5-6H,4H2,1-3H3,(H,14,16). The third-order valence-corrected chi connectivity index (χ3v) is 2.76. The maximum Gasteiger partial charge on any atom is 0.267 e. The summed E-state index contributed by atoms with van der Waals surface area (Å²) >= 11 is 0. The molecule has 0 bridgehead atoms. The van der Waals surface area contributed by atoms with Crippen molar-refractivity contribution in [2.24, 2.45) is 0 Å². The quantitative estimate of drug-likeness (QED) is 0.825. The van der Waals surface area contributed by atoms with Gasteiger partial charge in [-0.15, -0.1) is 0 Å². The van der Waals surface area contributed by atoms with Gasteiger partial charge in [-0.25, -0.2) is 5.10 Å². The summed E-state index contributed by atoms with van der Waals surface area (Å²) in [5, 5.41) is 10.7. The van der Waals surface area contributed by atoms with Crippen molar-refractivity contribution >= 4 is 0 Å². The molecule has 16 heavy (non-hydrogen) atoms. The molecule has 5 nitrogen and oxygen atoms in total. The number of nitrogens with one attached hydrogen (secondary N) is 1. The summed E-state index contributed by atoms with van der Waals surface area (Å²) in [4.78, 5) is 11.3. The third-order valence-electron chi connectivity index (χ3n) is 2.76.